The van der Waals surface area contributed by atoms with Gasteiger partial charge >= 0.3 is 5.69 Å². The molecule has 0 saturated heterocycles. The molecule has 8 heteroatoms. The third-order valence-corrected chi connectivity index (χ3v) is 3.20. The van der Waals surface area contributed by atoms with E-state index in [-0.39, 0.29) is 11.5 Å². The summed E-state index contributed by atoms with van der Waals surface area (Å²) in [6, 6.07) is 0. The van der Waals surface area contributed by atoms with Crippen molar-refractivity contribution in [3.63, 3.8) is 0 Å². The molecule has 0 fully saturated rings. The maximum absolute atomic E-state index is 11.9. The number of anilines is 3. The highest BCUT2D eigenvalue weighted by atomic mass is 16.2. The fraction of sp³-hybridized carbons (Fsp3) is 0.462. The molecule has 0 bridgehead atoms. The van der Waals surface area contributed by atoms with Gasteiger partial charge in [0.2, 0.25) is 0 Å². The molecule has 2 aromatic heterocycles. The van der Waals surface area contributed by atoms with Gasteiger partial charge in [-0.25, -0.2) is 4.79 Å². The first-order valence-electron chi connectivity index (χ1n) is 6.98. The lowest BCUT2D eigenvalue weighted by Crippen LogP contribution is -2.33. The number of aryl methyl sites for hydroxylation is 1. The van der Waals surface area contributed by atoms with E-state index in [9.17, 15) is 9.59 Å². The second kappa shape index (κ2) is 6.29. The number of H-pyrrole nitrogens is 1. The third kappa shape index (κ3) is 3.15. The van der Waals surface area contributed by atoms with Gasteiger partial charge < -0.3 is 11.1 Å². The number of nitrogens with one attached hydrogen (secondary N) is 2. The van der Waals surface area contributed by atoms with E-state index in [0.717, 1.165) is 19.4 Å². The Hall–Kier alpha value is -2.51. The summed E-state index contributed by atoms with van der Waals surface area (Å²) in [6.07, 6.45) is 5.10. The van der Waals surface area contributed by atoms with Crippen molar-refractivity contribution in [2.24, 2.45) is 0 Å². The fourth-order valence-electron chi connectivity index (χ4n) is 1.99. The average Bonchev–Trinajstić information content (AvgIpc) is 2.91. The molecule has 21 heavy (non-hydrogen) atoms. The largest absolute Gasteiger partial charge is 0.383 e. The zero-order chi connectivity index (χ0) is 15.4. The van der Waals surface area contributed by atoms with Crippen LogP contribution < -0.4 is 22.3 Å². The van der Waals surface area contributed by atoms with E-state index in [1.54, 1.807) is 17.1 Å². The summed E-state index contributed by atoms with van der Waals surface area (Å²) in [5.41, 5.74) is 5.76. The molecule has 0 radical (unpaired) electrons. The lowest BCUT2D eigenvalue weighted by molar-refractivity contribution is 0.606. The topological polar surface area (TPSA) is 111 Å². The summed E-state index contributed by atoms with van der Waals surface area (Å²) in [7, 11) is 0. The van der Waals surface area contributed by atoms with Crippen molar-refractivity contribution in [1.29, 1.82) is 0 Å². The molecule has 114 valence electrons. The molecule has 4 N–H and O–H groups in total. The molecule has 0 atom stereocenters. The first kappa shape index (κ1) is 14.9. The summed E-state index contributed by atoms with van der Waals surface area (Å²) in [5, 5.41) is 7.04. The molecule has 2 heterocycles. The highest BCUT2D eigenvalue weighted by molar-refractivity contribution is 5.68. The molecule has 0 unspecified atom stereocenters. The zero-order valence-corrected chi connectivity index (χ0v) is 12.2. The van der Waals surface area contributed by atoms with Crippen molar-refractivity contribution in [3.8, 4) is 0 Å². The van der Waals surface area contributed by atoms with Gasteiger partial charge in [0.05, 0.1) is 11.9 Å². The van der Waals surface area contributed by atoms with Gasteiger partial charge in [-0.3, -0.25) is 19.0 Å². The Balaban J connectivity index is 2.38. The first-order chi connectivity index (χ1) is 10.1. The van der Waals surface area contributed by atoms with Gasteiger partial charge in [-0.05, 0) is 13.3 Å². The Labute approximate surface area is 121 Å². The molecule has 8 nitrogen and oxygen atoms in total. The van der Waals surface area contributed by atoms with Gasteiger partial charge in [0.1, 0.15) is 11.5 Å². The second-order valence-electron chi connectivity index (χ2n) is 4.73. The number of rotatable bonds is 6. The van der Waals surface area contributed by atoms with Crippen molar-refractivity contribution in [1.82, 2.24) is 19.3 Å². The monoisotopic (exact) mass is 292 g/mol. The Morgan fingerprint density at radius 3 is 2.76 bits per heavy atom. The van der Waals surface area contributed by atoms with Crippen LogP contribution in [-0.2, 0) is 13.1 Å². The minimum atomic E-state index is -0.533. The van der Waals surface area contributed by atoms with Gasteiger partial charge in [0.25, 0.3) is 5.56 Å². The molecule has 2 aromatic rings. The maximum Gasteiger partial charge on any atom is 0.330 e. The van der Waals surface area contributed by atoms with Crippen LogP contribution in [0, 0.1) is 0 Å². The number of aromatic amines is 1. The van der Waals surface area contributed by atoms with Crippen LogP contribution in [0.3, 0.4) is 0 Å². The highest BCUT2D eigenvalue weighted by Gasteiger charge is 2.12. The van der Waals surface area contributed by atoms with Gasteiger partial charge in [-0.2, -0.15) is 5.10 Å². The van der Waals surface area contributed by atoms with Crippen molar-refractivity contribution < 1.29 is 0 Å². The molecule has 2 rings (SSSR count). The van der Waals surface area contributed by atoms with Crippen molar-refractivity contribution in [2.45, 2.75) is 39.8 Å². The van der Waals surface area contributed by atoms with E-state index in [4.69, 9.17) is 5.73 Å². The second-order valence-corrected chi connectivity index (χ2v) is 4.73. The molecule has 0 spiro atoms. The van der Waals surface area contributed by atoms with Crippen LogP contribution >= 0.6 is 0 Å². The fourth-order valence-corrected chi connectivity index (χ4v) is 1.99. The number of unbranched alkanes of at least 4 members (excludes halogenated alkanes) is 1. The summed E-state index contributed by atoms with van der Waals surface area (Å²) < 4.78 is 3.09. The Kier molecular flexibility index (Phi) is 4.46. The minimum absolute atomic E-state index is 0.140. The van der Waals surface area contributed by atoms with Crippen molar-refractivity contribution >= 4 is 17.2 Å². The van der Waals surface area contributed by atoms with Gasteiger partial charge in [0, 0.05) is 19.3 Å². The number of nitrogen functional groups attached to an aromatic ring is 1. The van der Waals surface area contributed by atoms with E-state index in [1.807, 2.05) is 13.8 Å². The Bertz CT molecular complexity index is 727. The first-order valence-corrected chi connectivity index (χ1v) is 6.98. The zero-order valence-electron chi connectivity index (χ0n) is 12.2. The molecule has 0 saturated carbocycles. The summed E-state index contributed by atoms with van der Waals surface area (Å²) in [6.45, 7) is 5.18. The van der Waals surface area contributed by atoms with Crippen LogP contribution in [-0.4, -0.2) is 19.3 Å². The maximum atomic E-state index is 11.9. The van der Waals surface area contributed by atoms with E-state index in [0.29, 0.717) is 12.2 Å². The smallest absolute Gasteiger partial charge is 0.330 e. The van der Waals surface area contributed by atoms with Gasteiger partial charge in [-0.1, -0.05) is 13.3 Å². The predicted octanol–water partition coefficient (Wildman–Crippen LogP) is 0.879. The molecule has 0 aromatic carbocycles. The van der Waals surface area contributed by atoms with E-state index >= 15 is 0 Å². The standard InChI is InChI=1S/C13H20N6O2/c1-3-5-6-19-11(14)10(12(20)17-13(19)21)16-9-7-15-18(4-2)8-9/h7-8,16H,3-6,14H2,1-2H3,(H,17,20,21). The Morgan fingerprint density at radius 1 is 1.38 bits per heavy atom. The minimum Gasteiger partial charge on any atom is -0.383 e. The third-order valence-electron chi connectivity index (χ3n) is 3.20. The summed E-state index contributed by atoms with van der Waals surface area (Å²) >= 11 is 0. The summed E-state index contributed by atoms with van der Waals surface area (Å²) in [5.74, 6) is 0.140. The number of hydrogen-bond acceptors (Lipinski definition) is 5. The van der Waals surface area contributed by atoms with Crippen molar-refractivity contribution in [3.05, 3.63) is 33.2 Å². The van der Waals surface area contributed by atoms with E-state index in [1.165, 1.54) is 4.57 Å². The van der Waals surface area contributed by atoms with E-state index in [2.05, 4.69) is 15.4 Å². The number of nitrogens with zero attached hydrogens (tertiary/aromatic N) is 3. The van der Waals surface area contributed by atoms with Crippen LogP contribution in [0.1, 0.15) is 26.7 Å². The number of nitrogens with two attached hydrogens (primary N) is 1. The highest BCUT2D eigenvalue weighted by Crippen LogP contribution is 2.17. The number of aromatic nitrogens is 4. The molecule has 0 aliphatic carbocycles. The van der Waals surface area contributed by atoms with Crippen LogP contribution in [0.15, 0.2) is 22.0 Å². The molecule has 0 amide bonds. The van der Waals surface area contributed by atoms with Gasteiger partial charge in [-0.15, -0.1) is 0 Å². The van der Waals surface area contributed by atoms with Gasteiger partial charge in [0.15, 0.2) is 0 Å². The van der Waals surface area contributed by atoms with Crippen LogP contribution in [0.5, 0.6) is 0 Å². The van der Waals surface area contributed by atoms with Crippen LogP contribution in [0.4, 0.5) is 17.2 Å². The predicted molar refractivity (Wildman–Crippen MR) is 81.8 cm³/mol. The average molecular weight is 292 g/mol. The SMILES string of the molecule is CCCCn1c(N)c(Nc2cnn(CC)c2)c(=O)[nH]c1=O. The lowest BCUT2D eigenvalue weighted by atomic mass is 10.3. The molecule has 0 aliphatic heterocycles. The van der Waals surface area contributed by atoms with Crippen LogP contribution in [0.2, 0.25) is 0 Å². The molecular weight excluding hydrogens is 272 g/mol. The van der Waals surface area contributed by atoms with E-state index < -0.39 is 11.2 Å². The van der Waals surface area contributed by atoms with Crippen LogP contribution in [0.25, 0.3) is 0 Å². The molecular formula is C13H20N6O2. The normalized spacial score (nSPS) is 10.8. The summed E-state index contributed by atoms with van der Waals surface area (Å²) in [4.78, 5) is 26.0. The number of hydrogen-bond donors (Lipinski definition) is 3. The quantitative estimate of drug-likeness (QED) is 0.732. The van der Waals surface area contributed by atoms with Crippen molar-refractivity contribution in [2.75, 3.05) is 11.1 Å². The molecule has 0 aliphatic rings. The lowest BCUT2D eigenvalue weighted by Gasteiger charge is -2.12. The Morgan fingerprint density at radius 2 is 2.14 bits per heavy atom.